The summed E-state index contributed by atoms with van der Waals surface area (Å²) in [5.74, 6) is -0.562. The van der Waals surface area contributed by atoms with Gasteiger partial charge in [0.1, 0.15) is 6.10 Å². The smallest absolute Gasteiger partial charge is 0.303 e. The van der Waals surface area contributed by atoms with Crippen molar-refractivity contribution in [3.63, 3.8) is 0 Å². The minimum atomic E-state index is -0.484. The third-order valence-corrected chi connectivity index (χ3v) is 2.63. The van der Waals surface area contributed by atoms with Gasteiger partial charge in [-0.05, 0) is 6.92 Å². The lowest BCUT2D eigenvalue weighted by Gasteiger charge is -2.39. The van der Waals surface area contributed by atoms with Crippen molar-refractivity contribution in [2.24, 2.45) is 0 Å². The molecule has 0 unspecified atom stereocenters. The second-order valence-corrected chi connectivity index (χ2v) is 4.12. The zero-order valence-corrected chi connectivity index (χ0v) is 10.6. The zero-order chi connectivity index (χ0) is 13.0. The molecule has 0 aromatic heterocycles. The van der Waals surface area contributed by atoms with Gasteiger partial charge < -0.3 is 19.5 Å². The fourth-order valence-corrected chi connectivity index (χ4v) is 1.96. The predicted molar refractivity (Wildman–Crippen MR) is 59.1 cm³/mol. The van der Waals surface area contributed by atoms with E-state index in [9.17, 15) is 9.59 Å². The molecule has 1 N–H and O–H groups in total. The van der Waals surface area contributed by atoms with Crippen molar-refractivity contribution in [3.8, 4) is 0 Å². The van der Waals surface area contributed by atoms with Crippen molar-refractivity contribution in [3.05, 3.63) is 0 Å². The number of amides is 1. The van der Waals surface area contributed by atoms with Crippen LogP contribution in [0.1, 0.15) is 27.2 Å². The Morgan fingerprint density at radius 2 is 2.00 bits per heavy atom. The van der Waals surface area contributed by atoms with Gasteiger partial charge in [-0.25, -0.2) is 0 Å². The quantitative estimate of drug-likeness (QED) is 0.719. The minimum Gasteiger partial charge on any atom is -0.458 e. The molecule has 0 aliphatic carbocycles. The third-order valence-electron chi connectivity index (χ3n) is 2.63. The molecule has 0 radical (unpaired) electrons. The SMILES string of the molecule is CO[C@@H]1C[C@@H](NC(C)=O)[C@H](OC(C)=O)[C@@H](C)O1. The van der Waals surface area contributed by atoms with Crippen LogP contribution in [0, 0.1) is 0 Å². The maximum Gasteiger partial charge on any atom is 0.303 e. The van der Waals surface area contributed by atoms with Crippen LogP contribution in [0.25, 0.3) is 0 Å². The van der Waals surface area contributed by atoms with Gasteiger partial charge in [0, 0.05) is 27.4 Å². The van der Waals surface area contributed by atoms with E-state index in [0.717, 1.165) is 0 Å². The Kier molecular flexibility index (Phi) is 4.89. The average Bonchev–Trinajstić information content (AvgIpc) is 2.21. The van der Waals surface area contributed by atoms with E-state index in [-0.39, 0.29) is 18.1 Å². The summed E-state index contributed by atoms with van der Waals surface area (Å²) in [5, 5.41) is 2.76. The van der Waals surface area contributed by atoms with Crippen LogP contribution in [-0.2, 0) is 23.8 Å². The van der Waals surface area contributed by atoms with Gasteiger partial charge in [0.15, 0.2) is 6.29 Å². The van der Waals surface area contributed by atoms with E-state index in [1.807, 2.05) is 0 Å². The average molecular weight is 245 g/mol. The van der Waals surface area contributed by atoms with Gasteiger partial charge in [-0.2, -0.15) is 0 Å². The van der Waals surface area contributed by atoms with Gasteiger partial charge in [-0.1, -0.05) is 0 Å². The van der Waals surface area contributed by atoms with Gasteiger partial charge in [0.05, 0.1) is 12.1 Å². The molecule has 0 aromatic carbocycles. The topological polar surface area (TPSA) is 73.9 Å². The fraction of sp³-hybridized carbons (Fsp3) is 0.818. The van der Waals surface area contributed by atoms with Crippen molar-refractivity contribution in [2.75, 3.05) is 7.11 Å². The number of rotatable bonds is 3. The molecule has 1 aliphatic heterocycles. The molecule has 6 heteroatoms. The number of nitrogens with one attached hydrogen (secondary N) is 1. The number of esters is 1. The van der Waals surface area contributed by atoms with E-state index >= 15 is 0 Å². The van der Waals surface area contributed by atoms with E-state index in [0.29, 0.717) is 6.42 Å². The molecule has 6 nitrogen and oxygen atoms in total. The second kappa shape index (κ2) is 5.97. The van der Waals surface area contributed by atoms with Gasteiger partial charge in [0.25, 0.3) is 0 Å². The number of hydrogen-bond acceptors (Lipinski definition) is 5. The van der Waals surface area contributed by atoms with Crippen molar-refractivity contribution < 1.29 is 23.8 Å². The molecular formula is C11H19NO5. The number of hydrogen-bond donors (Lipinski definition) is 1. The van der Waals surface area contributed by atoms with Crippen molar-refractivity contribution in [2.45, 2.75) is 51.7 Å². The molecule has 1 fully saturated rings. The maximum atomic E-state index is 11.1. The van der Waals surface area contributed by atoms with Crippen LogP contribution in [0.5, 0.6) is 0 Å². The standard InChI is InChI=1S/C11H19NO5/c1-6-11(17-8(3)14)9(12-7(2)13)5-10(15-4)16-6/h6,9-11H,5H2,1-4H3,(H,12,13)/t6-,9-,10+,11-/m1/s1. The summed E-state index contributed by atoms with van der Waals surface area (Å²) < 4.78 is 15.8. The molecule has 17 heavy (non-hydrogen) atoms. The minimum absolute atomic E-state index is 0.170. The molecule has 1 aliphatic rings. The number of carbonyl (C=O) groups is 2. The van der Waals surface area contributed by atoms with Gasteiger partial charge >= 0.3 is 5.97 Å². The summed E-state index contributed by atoms with van der Waals surface area (Å²) in [6, 6.07) is -0.287. The Balaban J connectivity index is 2.74. The van der Waals surface area contributed by atoms with Crippen LogP contribution in [0.15, 0.2) is 0 Å². The first kappa shape index (κ1) is 13.9. The molecule has 0 bridgehead atoms. The maximum absolute atomic E-state index is 11.1. The van der Waals surface area contributed by atoms with Crippen LogP contribution in [0.4, 0.5) is 0 Å². The third kappa shape index (κ3) is 3.98. The lowest BCUT2D eigenvalue weighted by atomic mass is 9.99. The first-order valence-corrected chi connectivity index (χ1v) is 5.56. The monoisotopic (exact) mass is 245 g/mol. The van der Waals surface area contributed by atoms with Crippen LogP contribution in [0.3, 0.4) is 0 Å². The molecule has 1 heterocycles. The predicted octanol–water partition coefficient (Wildman–Crippen LogP) is 0.204. The van der Waals surface area contributed by atoms with Crippen molar-refractivity contribution in [1.82, 2.24) is 5.32 Å². The molecule has 1 rings (SSSR count). The molecule has 0 aromatic rings. The van der Waals surface area contributed by atoms with E-state index in [1.54, 1.807) is 6.92 Å². The normalized spacial score (nSPS) is 32.9. The lowest BCUT2D eigenvalue weighted by Crippen LogP contribution is -2.56. The Morgan fingerprint density at radius 3 is 2.47 bits per heavy atom. The zero-order valence-electron chi connectivity index (χ0n) is 10.6. The molecule has 4 atom stereocenters. The van der Waals surface area contributed by atoms with E-state index in [4.69, 9.17) is 14.2 Å². The van der Waals surface area contributed by atoms with E-state index in [2.05, 4.69) is 5.32 Å². The Labute approximate surface area is 101 Å². The van der Waals surface area contributed by atoms with Crippen LogP contribution < -0.4 is 5.32 Å². The highest BCUT2D eigenvalue weighted by Crippen LogP contribution is 2.23. The first-order valence-electron chi connectivity index (χ1n) is 5.56. The summed E-state index contributed by atoms with van der Waals surface area (Å²) in [7, 11) is 1.54. The van der Waals surface area contributed by atoms with Crippen molar-refractivity contribution >= 4 is 11.9 Å². The van der Waals surface area contributed by atoms with Gasteiger partial charge in [-0.3, -0.25) is 9.59 Å². The lowest BCUT2D eigenvalue weighted by molar-refractivity contribution is -0.223. The summed E-state index contributed by atoms with van der Waals surface area (Å²) in [6.45, 7) is 4.54. The molecule has 1 saturated heterocycles. The van der Waals surface area contributed by atoms with Crippen LogP contribution in [0.2, 0.25) is 0 Å². The number of methoxy groups -OCH3 is 1. The Morgan fingerprint density at radius 1 is 1.35 bits per heavy atom. The van der Waals surface area contributed by atoms with Crippen LogP contribution in [-0.4, -0.2) is 43.5 Å². The van der Waals surface area contributed by atoms with E-state index in [1.165, 1.54) is 21.0 Å². The molecule has 0 spiro atoms. The number of carbonyl (C=O) groups excluding carboxylic acids is 2. The highest BCUT2D eigenvalue weighted by molar-refractivity contribution is 5.73. The summed E-state index contributed by atoms with van der Waals surface area (Å²) in [5.41, 5.74) is 0. The molecular weight excluding hydrogens is 226 g/mol. The molecule has 1 amide bonds. The Bertz CT molecular complexity index is 294. The van der Waals surface area contributed by atoms with Crippen molar-refractivity contribution in [1.29, 1.82) is 0 Å². The molecule has 0 saturated carbocycles. The second-order valence-electron chi connectivity index (χ2n) is 4.12. The highest BCUT2D eigenvalue weighted by Gasteiger charge is 2.39. The first-order chi connectivity index (χ1) is 7.93. The van der Waals surface area contributed by atoms with E-state index < -0.39 is 18.4 Å². The summed E-state index contributed by atoms with van der Waals surface area (Å²) in [6.07, 6.45) is -0.746. The summed E-state index contributed by atoms with van der Waals surface area (Å²) in [4.78, 5) is 22.1. The Hall–Kier alpha value is -1.14. The molecule has 98 valence electrons. The largest absolute Gasteiger partial charge is 0.458 e. The van der Waals surface area contributed by atoms with Gasteiger partial charge in [0.2, 0.25) is 5.91 Å². The number of ether oxygens (including phenoxy) is 3. The highest BCUT2D eigenvalue weighted by atomic mass is 16.7. The summed E-state index contributed by atoms with van der Waals surface area (Å²) >= 11 is 0. The van der Waals surface area contributed by atoms with Crippen LogP contribution >= 0.6 is 0 Å². The fourth-order valence-electron chi connectivity index (χ4n) is 1.96. The van der Waals surface area contributed by atoms with Gasteiger partial charge in [-0.15, -0.1) is 0 Å².